The van der Waals surface area contributed by atoms with Crippen LogP contribution in [-0.4, -0.2) is 26.5 Å². The Labute approximate surface area is 140 Å². The fourth-order valence-corrected chi connectivity index (χ4v) is 4.27. The quantitative estimate of drug-likeness (QED) is 0.906. The van der Waals surface area contributed by atoms with Crippen LogP contribution in [0.3, 0.4) is 0 Å². The molecule has 2 aromatic rings. The van der Waals surface area contributed by atoms with Crippen LogP contribution in [0.15, 0.2) is 27.6 Å². The molecule has 0 aliphatic carbocycles. The van der Waals surface area contributed by atoms with Crippen LogP contribution in [0.5, 0.6) is 0 Å². The van der Waals surface area contributed by atoms with Gasteiger partial charge in [-0.2, -0.15) is 0 Å². The maximum atomic E-state index is 12.4. The highest BCUT2D eigenvalue weighted by Gasteiger charge is 2.24. The van der Waals surface area contributed by atoms with Gasteiger partial charge in [-0.1, -0.05) is 17.3 Å². The van der Waals surface area contributed by atoms with E-state index >= 15 is 0 Å². The molecule has 1 amide bonds. The second-order valence-electron chi connectivity index (χ2n) is 5.89. The third kappa shape index (κ3) is 2.94. The summed E-state index contributed by atoms with van der Waals surface area (Å²) in [6.07, 6.45) is 1.14. The lowest BCUT2D eigenvalue weighted by Gasteiger charge is -2.26. The van der Waals surface area contributed by atoms with Gasteiger partial charge in [-0.05, 0) is 37.5 Å². The Morgan fingerprint density at radius 3 is 2.71 bits per heavy atom. The molecule has 2 heterocycles. The van der Waals surface area contributed by atoms with Crippen molar-refractivity contribution in [1.29, 1.82) is 0 Å². The van der Waals surface area contributed by atoms with Crippen molar-refractivity contribution in [3.8, 4) is 0 Å². The van der Waals surface area contributed by atoms with E-state index < -0.39 is 10.0 Å². The van der Waals surface area contributed by atoms with E-state index in [1.165, 1.54) is 0 Å². The standard InChI is InChI=1S/C16H19N3O4S/c1-10-16(11(2)23-18-10)24(21,22)17-9-12-4-6-14-13(8-12)5-7-15(20)19(14)3/h4,6,8,17H,5,7,9H2,1-3H3. The Morgan fingerprint density at radius 2 is 2.04 bits per heavy atom. The van der Waals surface area contributed by atoms with Crippen LogP contribution in [0.2, 0.25) is 0 Å². The molecule has 1 N–H and O–H groups in total. The molecule has 0 fully saturated rings. The summed E-state index contributed by atoms with van der Waals surface area (Å²) in [5.74, 6) is 0.361. The van der Waals surface area contributed by atoms with Gasteiger partial charge in [0.05, 0.1) is 0 Å². The zero-order valence-corrected chi connectivity index (χ0v) is 14.6. The first-order valence-electron chi connectivity index (χ1n) is 7.60. The normalized spacial score (nSPS) is 14.8. The van der Waals surface area contributed by atoms with Gasteiger partial charge in [-0.15, -0.1) is 0 Å². The van der Waals surface area contributed by atoms with Crippen LogP contribution < -0.4 is 9.62 Å². The molecular formula is C16H19N3O4S. The van der Waals surface area contributed by atoms with Crippen molar-refractivity contribution in [1.82, 2.24) is 9.88 Å². The van der Waals surface area contributed by atoms with Crippen molar-refractivity contribution in [3.63, 3.8) is 0 Å². The third-order valence-corrected chi connectivity index (χ3v) is 5.84. The van der Waals surface area contributed by atoms with E-state index in [-0.39, 0.29) is 23.1 Å². The van der Waals surface area contributed by atoms with Crippen molar-refractivity contribution in [3.05, 3.63) is 40.8 Å². The molecule has 0 unspecified atom stereocenters. The van der Waals surface area contributed by atoms with Crippen LogP contribution in [0, 0.1) is 13.8 Å². The van der Waals surface area contributed by atoms with Gasteiger partial charge < -0.3 is 9.42 Å². The SMILES string of the molecule is Cc1noc(C)c1S(=O)(=O)NCc1ccc2c(c1)CCC(=O)N2C. The van der Waals surface area contributed by atoms with Gasteiger partial charge in [-0.3, -0.25) is 4.79 Å². The van der Waals surface area contributed by atoms with Crippen LogP contribution in [0.4, 0.5) is 5.69 Å². The molecule has 24 heavy (non-hydrogen) atoms. The summed E-state index contributed by atoms with van der Waals surface area (Å²) in [5.41, 5.74) is 3.10. The Morgan fingerprint density at radius 1 is 1.29 bits per heavy atom. The summed E-state index contributed by atoms with van der Waals surface area (Å²) >= 11 is 0. The van der Waals surface area contributed by atoms with Gasteiger partial charge >= 0.3 is 0 Å². The number of hydrogen-bond acceptors (Lipinski definition) is 5. The largest absolute Gasteiger partial charge is 0.360 e. The molecule has 128 valence electrons. The highest BCUT2D eigenvalue weighted by atomic mass is 32.2. The van der Waals surface area contributed by atoms with Crippen LogP contribution in [-0.2, 0) is 27.8 Å². The van der Waals surface area contributed by atoms with Crippen molar-refractivity contribution in [2.24, 2.45) is 0 Å². The molecule has 1 aromatic carbocycles. The minimum absolute atomic E-state index is 0.0887. The minimum Gasteiger partial charge on any atom is -0.360 e. The number of carbonyl (C=O) groups is 1. The molecule has 1 aliphatic heterocycles. The highest BCUT2D eigenvalue weighted by Crippen LogP contribution is 2.27. The number of carbonyl (C=O) groups excluding carboxylic acids is 1. The Kier molecular flexibility index (Phi) is 4.18. The predicted octanol–water partition coefficient (Wildman–Crippen LogP) is 1.68. The maximum Gasteiger partial charge on any atom is 0.246 e. The van der Waals surface area contributed by atoms with Crippen LogP contribution in [0.1, 0.15) is 29.0 Å². The summed E-state index contributed by atoms with van der Waals surface area (Å²) in [5, 5.41) is 3.68. The number of rotatable bonds is 4. The number of nitrogens with one attached hydrogen (secondary N) is 1. The second kappa shape index (κ2) is 6.03. The number of benzene rings is 1. The van der Waals surface area contributed by atoms with Gasteiger partial charge in [0.15, 0.2) is 5.76 Å². The molecule has 0 radical (unpaired) electrons. The fraction of sp³-hybridized carbons (Fsp3) is 0.375. The highest BCUT2D eigenvalue weighted by molar-refractivity contribution is 7.89. The van der Waals surface area contributed by atoms with Crippen molar-refractivity contribution in [2.45, 2.75) is 38.1 Å². The fourth-order valence-electron chi connectivity index (χ4n) is 2.93. The zero-order valence-electron chi connectivity index (χ0n) is 13.8. The lowest BCUT2D eigenvalue weighted by molar-refractivity contribution is -0.118. The van der Waals surface area contributed by atoms with E-state index in [1.54, 1.807) is 25.8 Å². The van der Waals surface area contributed by atoms with Crippen molar-refractivity contribution in [2.75, 3.05) is 11.9 Å². The molecule has 3 rings (SSSR count). The number of fused-ring (bicyclic) bond motifs is 1. The maximum absolute atomic E-state index is 12.4. The molecule has 0 atom stereocenters. The molecule has 0 bridgehead atoms. The van der Waals surface area contributed by atoms with Gasteiger partial charge in [-0.25, -0.2) is 13.1 Å². The number of amides is 1. The summed E-state index contributed by atoms with van der Waals surface area (Å²) in [6.45, 7) is 3.33. The van der Waals surface area contributed by atoms with Crippen LogP contribution in [0.25, 0.3) is 0 Å². The predicted molar refractivity (Wildman–Crippen MR) is 88.2 cm³/mol. The average Bonchev–Trinajstić information content (AvgIpc) is 2.88. The van der Waals surface area contributed by atoms with Crippen LogP contribution >= 0.6 is 0 Å². The molecule has 1 aromatic heterocycles. The summed E-state index contributed by atoms with van der Waals surface area (Å²) < 4.78 is 32.4. The molecule has 0 saturated heterocycles. The van der Waals surface area contributed by atoms with Gasteiger partial charge in [0.1, 0.15) is 10.6 Å². The Balaban J connectivity index is 1.79. The summed E-state index contributed by atoms with van der Waals surface area (Å²) in [7, 11) is -1.94. The lowest BCUT2D eigenvalue weighted by atomic mass is 9.99. The van der Waals surface area contributed by atoms with E-state index in [1.807, 2.05) is 18.2 Å². The summed E-state index contributed by atoms with van der Waals surface area (Å²) in [6, 6.07) is 5.61. The number of anilines is 1. The Hall–Kier alpha value is -2.19. The molecule has 7 nitrogen and oxygen atoms in total. The monoisotopic (exact) mass is 349 g/mol. The number of aryl methyl sites for hydroxylation is 3. The van der Waals surface area contributed by atoms with E-state index in [0.29, 0.717) is 18.5 Å². The van der Waals surface area contributed by atoms with Gasteiger partial charge in [0.25, 0.3) is 0 Å². The second-order valence-corrected chi connectivity index (χ2v) is 7.60. The first-order valence-corrected chi connectivity index (χ1v) is 9.09. The van der Waals surface area contributed by atoms with Gasteiger partial charge in [0, 0.05) is 25.7 Å². The number of nitrogens with zero attached hydrogens (tertiary/aromatic N) is 2. The van der Waals surface area contributed by atoms with E-state index in [0.717, 1.165) is 16.8 Å². The minimum atomic E-state index is -3.69. The number of sulfonamides is 1. The van der Waals surface area contributed by atoms with E-state index in [9.17, 15) is 13.2 Å². The van der Waals surface area contributed by atoms with Crippen molar-refractivity contribution >= 4 is 21.6 Å². The third-order valence-electron chi connectivity index (χ3n) is 4.19. The lowest BCUT2D eigenvalue weighted by Crippen LogP contribution is -2.31. The molecule has 1 aliphatic rings. The smallest absolute Gasteiger partial charge is 0.246 e. The summed E-state index contributed by atoms with van der Waals surface area (Å²) in [4.78, 5) is 13.4. The Bertz CT molecular complexity index is 883. The van der Waals surface area contributed by atoms with E-state index in [2.05, 4.69) is 9.88 Å². The molecule has 8 heteroatoms. The zero-order chi connectivity index (χ0) is 17.5. The van der Waals surface area contributed by atoms with E-state index in [4.69, 9.17) is 4.52 Å². The topological polar surface area (TPSA) is 92.5 Å². The number of hydrogen-bond donors (Lipinski definition) is 1. The molecular weight excluding hydrogens is 330 g/mol. The first-order chi connectivity index (χ1) is 11.3. The molecule has 0 saturated carbocycles. The first kappa shape index (κ1) is 16.7. The average molecular weight is 349 g/mol. The number of aromatic nitrogens is 1. The van der Waals surface area contributed by atoms with Crippen molar-refractivity contribution < 1.29 is 17.7 Å². The molecule has 0 spiro atoms. The van der Waals surface area contributed by atoms with Gasteiger partial charge in [0.2, 0.25) is 15.9 Å².